The molecule has 1 aromatic carbocycles. The fraction of sp³-hybridized carbons (Fsp3) is 0.562. The summed E-state index contributed by atoms with van der Waals surface area (Å²) in [5.74, 6) is 2.10. The van der Waals surface area contributed by atoms with Crippen molar-refractivity contribution in [3.8, 4) is 11.5 Å². The molecule has 0 aliphatic carbocycles. The third-order valence-electron chi connectivity index (χ3n) is 3.33. The first-order chi connectivity index (χ1) is 10.0. The van der Waals surface area contributed by atoms with Gasteiger partial charge >= 0.3 is 0 Å². The van der Waals surface area contributed by atoms with E-state index >= 15 is 0 Å². The van der Waals surface area contributed by atoms with Crippen LogP contribution in [0.3, 0.4) is 0 Å². The summed E-state index contributed by atoms with van der Waals surface area (Å²) in [6.45, 7) is 7.37. The number of hydrogen-bond acceptors (Lipinski definition) is 4. The van der Waals surface area contributed by atoms with Crippen molar-refractivity contribution in [2.24, 2.45) is 5.92 Å². The summed E-state index contributed by atoms with van der Waals surface area (Å²) >= 11 is 1.77. The Morgan fingerprint density at radius 2 is 2.24 bits per heavy atom. The van der Waals surface area contributed by atoms with Gasteiger partial charge < -0.3 is 14.7 Å². The lowest BCUT2D eigenvalue weighted by Gasteiger charge is -2.36. The molecule has 4 nitrogen and oxygen atoms in total. The molecule has 1 unspecified atom stereocenters. The number of nitrogens with zero attached hydrogens (tertiary/aromatic N) is 1. The van der Waals surface area contributed by atoms with Crippen molar-refractivity contribution in [2.45, 2.75) is 32.6 Å². The maximum Gasteiger partial charge on any atom is 0.224 e. The number of amides is 1. The van der Waals surface area contributed by atoms with Gasteiger partial charge in [-0.2, -0.15) is 0 Å². The number of thioether (sulfide) groups is 1. The van der Waals surface area contributed by atoms with E-state index in [1.807, 2.05) is 24.0 Å². The van der Waals surface area contributed by atoms with E-state index in [9.17, 15) is 9.90 Å². The number of phenols is 1. The highest BCUT2D eigenvalue weighted by Gasteiger charge is 2.30. The van der Waals surface area contributed by atoms with Crippen LogP contribution in [0.15, 0.2) is 18.2 Å². The van der Waals surface area contributed by atoms with Crippen LogP contribution in [-0.4, -0.2) is 34.8 Å². The van der Waals surface area contributed by atoms with Crippen LogP contribution in [0.1, 0.15) is 38.1 Å². The van der Waals surface area contributed by atoms with Gasteiger partial charge in [0.2, 0.25) is 5.91 Å². The first kappa shape index (κ1) is 16.0. The maximum absolute atomic E-state index is 12.2. The Hall–Kier alpha value is -1.36. The SMILES string of the molecule is CCOc1cc(C2SCCC(=O)N2CC(C)C)ccc1O. The van der Waals surface area contributed by atoms with E-state index in [-0.39, 0.29) is 17.0 Å². The second-order valence-electron chi connectivity index (χ2n) is 5.57. The molecule has 1 aliphatic rings. The number of ether oxygens (including phenoxy) is 1. The van der Waals surface area contributed by atoms with Gasteiger partial charge in [-0.15, -0.1) is 11.8 Å². The largest absolute Gasteiger partial charge is 0.504 e. The number of carbonyl (C=O) groups is 1. The Morgan fingerprint density at radius 1 is 1.48 bits per heavy atom. The number of hydrogen-bond donors (Lipinski definition) is 1. The molecule has 0 spiro atoms. The number of carbonyl (C=O) groups excluding carboxylic acids is 1. The maximum atomic E-state index is 12.2. The minimum Gasteiger partial charge on any atom is -0.504 e. The van der Waals surface area contributed by atoms with Crippen LogP contribution < -0.4 is 4.74 Å². The summed E-state index contributed by atoms with van der Waals surface area (Å²) in [6.07, 6.45) is 0.601. The van der Waals surface area contributed by atoms with Crippen LogP contribution in [-0.2, 0) is 4.79 Å². The van der Waals surface area contributed by atoms with E-state index in [1.165, 1.54) is 0 Å². The van der Waals surface area contributed by atoms with Gasteiger partial charge in [0.15, 0.2) is 11.5 Å². The van der Waals surface area contributed by atoms with Crippen molar-refractivity contribution < 1.29 is 14.6 Å². The Labute approximate surface area is 130 Å². The summed E-state index contributed by atoms with van der Waals surface area (Å²) in [5, 5.41) is 9.82. The molecule has 1 aromatic rings. The quantitative estimate of drug-likeness (QED) is 0.905. The smallest absolute Gasteiger partial charge is 0.224 e. The second-order valence-corrected chi connectivity index (χ2v) is 6.76. The zero-order chi connectivity index (χ0) is 15.4. The summed E-state index contributed by atoms with van der Waals surface area (Å²) in [6, 6.07) is 5.37. The van der Waals surface area contributed by atoms with E-state index in [2.05, 4.69) is 13.8 Å². The van der Waals surface area contributed by atoms with Gasteiger partial charge in [-0.3, -0.25) is 4.79 Å². The fourth-order valence-electron chi connectivity index (χ4n) is 2.44. The second kappa shape index (κ2) is 7.07. The number of aromatic hydroxyl groups is 1. The molecule has 1 fully saturated rings. The minimum absolute atomic E-state index is 0.00783. The molecule has 1 amide bonds. The van der Waals surface area contributed by atoms with E-state index in [4.69, 9.17) is 4.74 Å². The number of benzene rings is 1. The highest BCUT2D eigenvalue weighted by atomic mass is 32.2. The molecule has 5 heteroatoms. The molecule has 1 atom stereocenters. The Bertz CT molecular complexity index is 504. The van der Waals surface area contributed by atoms with Crippen molar-refractivity contribution >= 4 is 17.7 Å². The van der Waals surface area contributed by atoms with Crippen molar-refractivity contribution in [3.05, 3.63) is 23.8 Å². The Morgan fingerprint density at radius 3 is 2.90 bits per heavy atom. The van der Waals surface area contributed by atoms with Gasteiger partial charge in [0.25, 0.3) is 0 Å². The highest BCUT2D eigenvalue weighted by molar-refractivity contribution is 7.99. The zero-order valence-corrected chi connectivity index (χ0v) is 13.7. The average Bonchev–Trinajstić information content (AvgIpc) is 2.43. The van der Waals surface area contributed by atoms with Crippen LogP contribution >= 0.6 is 11.8 Å². The molecule has 2 rings (SSSR count). The van der Waals surface area contributed by atoms with E-state index in [1.54, 1.807) is 17.8 Å². The molecule has 0 radical (unpaired) electrons. The standard InChI is InChI=1S/C16H23NO3S/c1-4-20-14-9-12(5-6-13(14)18)16-17(10-11(2)3)15(19)7-8-21-16/h5-6,9,11,16,18H,4,7-8,10H2,1-3H3. The van der Waals surface area contributed by atoms with E-state index in [0.717, 1.165) is 17.9 Å². The third-order valence-corrected chi connectivity index (χ3v) is 4.61. The lowest BCUT2D eigenvalue weighted by Crippen LogP contribution is -2.39. The van der Waals surface area contributed by atoms with E-state index < -0.39 is 0 Å². The first-order valence-electron chi connectivity index (χ1n) is 7.39. The van der Waals surface area contributed by atoms with Gasteiger partial charge in [-0.1, -0.05) is 19.9 Å². The van der Waals surface area contributed by atoms with Gasteiger partial charge in [-0.25, -0.2) is 0 Å². The summed E-state index contributed by atoms with van der Waals surface area (Å²) in [5.41, 5.74) is 1.01. The van der Waals surface area contributed by atoms with Gasteiger partial charge in [0, 0.05) is 18.7 Å². The molecular weight excluding hydrogens is 286 g/mol. The Balaban J connectivity index is 2.28. The molecule has 21 heavy (non-hydrogen) atoms. The van der Waals surface area contributed by atoms with Gasteiger partial charge in [0.1, 0.15) is 5.37 Å². The van der Waals surface area contributed by atoms with Crippen LogP contribution in [0, 0.1) is 5.92 Å². The third kappa shape index (κ3) is 3.84. The predicted molar refractivity (Wildman–Crippen MR) is 85.6 cm³/mol. The molecule has 116 valence electrons. The van der Waals surface area contributed by atoms with Crippen LogP contribution in [0.5, 0.6) is 11.5 Å². The molecule has 1 heterocycles. The molecule has 0 bridgehead atoms. The molecule has 1 aliphatic heterocycles. The van der Waals surface area contributed by atoms with Crippen LogP contribution in [0.2, 0.25) is 0 Å². The van der Waals surface area contributed by atoms with Gasteiger partial charge in [0.05, 0.1) is 6.61 Å². The highest BCUT2D eigenvalue weighted by Crippen LogP contribution is 2.40. The van der Waals surface area contributed by atoms with Crippen LogP contribution in [0.4, 0.5) is 0 Å². The Kier molecular flexibility index (Phi) is 5.39. The minimum atomic E-state index is 0.00783. The lowest BCUT2D eigenvalue weighted by atomic mass is 10.1. The topological polar surface area (TPSA) is 49.8 Å². The van der Waals surface area contributed by atoms with Crippen LogP contribution in [0.25, 0.3) is 0 Å². The molecule has 0 saturated carbocycles. The first-order valence-corrected chi connectivity index (χ1v) is 8.44. The molecule has 1 N–H and O–H groups in total. The molecule has 1 saturated heterocycles. The van der Waals surface area contributed by atoms with Crippen molar-refractivity contribution in [3.63, 3.8) is 0 Å². The zero-order valence-electron chi connectivity index (χ0n) is 12.8. The summed E-state index contributed by atoms with van der Waals surface area (Å²) < 4.78 is 5.45. The fourth-order valence-corrected chi connectivity index (χ4v) is 3.68. The van der Waals surface area contributed by atoms with Crippen molar-refractivity contribution in [1.82, 2.24) is 4.90 Å². The monoisotopic (exact) mass is 309 g/mol. The lowest BCUT2D eigenvalue weighted by molar-refractivity contribution is -0.132. The normalized spacial score (nSPS) is 19.1. The van der Waals surface area contributed by atoms with Gasteiger partial charge in [-0.05, 0) is 30.5 Å². The summed E-state index contributed by atoms with van der Waals surface area (Å²) in [4.78, 5) is 14.2. The molecule has 0 aromatic heterocycles. The van der Waals surface area contributed by atoms with E-state index in [0.29, 0.717) is 24.7 Å². The number of phenolic OH excluding ortho intramolecular Hbond substituents is 1. The number of rotatable bonds is 5. The average molecular weight is 309 g/mol. The summed E-state index contributed by atoms with van der Waals surface area (Å²) in [7, 11) is 0. The van der Waals surface area contributed by atoms with Crippen molar-refractivity contribution in [1.29, 1.82) is 0 Å². The van der Waals surface area contributed by atoms with Crippen molar-refractivity contribution in [2.75, 3.05) is 18.9 Å². The molecular formula is C16H23NO3S. The predicted octanol–water partition coefficient (Wildman–Crippen LogP) is 3.41.